The molecule has 1 heterocycles. The number of rotatable bonds is 4. The standard InChI is InChI=1S/C20H17F3N4O/c1-19(15-5-3-2-4-6-15)12-25-27(13-19)11-18(28)26-16-7-8-17(20(21,22)23)14(9-16)10-24/h2-9,12H,11,13H2,1H3,(H,26,28). The van der Waals surface area contributed by atoms with E-state index in [-0.39, 0.29) is 17.6 Å². The van der Waals surface area contributed by atoms with E-state index in [2.05, 4.69) is 10.4 Å². The number of carbonyl (C=O) groups excluding carboxylic acids is 1. The molecule has 0 fully saturated rings. The molecular weight excluding hydrogens is 369 g/mol. The van der Waals surface area contributed by atoms with Crippen molar-refractivity contribution in [2.75, 3.05) is 18.4 Å². The summed E-state index contributed by atoms with van der Waals surface area (Å²) in [7, 11) is 0. The van der Waals surface area contributed by atoms with Crippen LogP contribution in [0.5, 0.6) is 0 Å². The molecule has 2 aromatic carbocycles. The lowest BCUT2D eigenvalue weighted by molar-refractivity contribution is -0.137. The fourth-order valence-electron chi connectivity index (χ4n) is 3.08. The van der Waals surface area contributed by atoms with Crippen LogP contribution in [-0.4, -0.2) is 30.2 Å². The first-order valence-corrected chi connectivity index (χ1v) is 8.48. The number of nitriles is 1. The molecule has 0 aromatic heterocycles. The molecule has 5 nitrogen and oxygen atoms in total. The lowest BCUT2D eigenvalue weighted by Gasteiger charge is -2.23. The normalized spacial score (nSPS) is 18.8. The molecule has 3 rings (SSSR count). The van der Waals surface area contributed by atoms with Gasteiger partial charge in [-0.05, 0) is 30.7 Å². The number of hydrazone groups is 1. The second-order valence-electron chi connectivity index (χ2n) is 6.77. The van der Waals surface area contributed by atoms with E-state index in [4.69, 9.17) is 5.26 Å². The van der Waals surface area contributed by atoms with Gasteiger partial charge in [0.05, 0.1) is 23.7 Å². The minimum Gasteiger partial charge on any atom is -0.324 e. The van der Waals surface area contributed by atoms with Crippen molar-refractivity contribution in [3.8, 4) is 6.07 Å². The number of nitrogens with one attached hydrogen (secondary N) is 1. The van der Waals surface area contributed by atoms with E-state index >= 15 is 0 Å². The third-order valence-corrected chi connectivity index (χ3v) is 4.51. The van der Waals surface area contributed by atoms with Crippen LogP contribution in [0.25, 0.3) is 0 Å². The van der Waals surface area contributed by atoms with E-state index in [9.17, 15) is 18.0 Å². The van der Waals surface area contributed by atoms with Crippen molar-refractivity contribution < 1.29 is 18.0 Å². The van der Waals surface area contributed by atoms with E-state index in [0.717, 1.165) is 23.8 Å². The molecule has 1 aliphatic rings. The average Bonchev–Trinajstić information content (AvgIpc) is 3.03. The highest BCUT2D eigenvalue weighted by Crippen LogP contribution is 2.33. The smallest absolute Gasteiger partial charge is 0.324 e. The van der Waals surface area contributed by atoms with E-state index in [1.54, 1.807) is 11.2 Å². The first-order valence-electron chi connectivity index (χ1n) is 8.48. The Morgan fingerprint density at radius 3 is 2.64 bits per heavy atom. The predicted octanol–water partition coefficient (Wildman–Crippen LogP) is 3.77. The molecule has 2 aromatic rings. The minimum atomic E-state index is -4.63. The van der Waals surface area contributed by atoms with E-state index in [0.29, 0.717) is 6.54 Å². The summed E-state index contributed by atoms with van der Waals surface area (Å²) < 4.78 is 38.6. The zero-order valence-electron chi connectivity index (χ0n) is 15.0. The molecule has 1 N–H and O–H groups in total. The summed E-state index contributed by atoms with van der Waals surface area (Å²) in [5, 5.41) is 17.3. The molecule has 1 amide bonds. The number of nitrogens with zero attached hydrogens (tertiary/aromatic N) is 3. The Morgan fingerprint density at radius 2 is 2.00 bits per heavy atom. The third kappa shape index (κ3) is 4.14. The highest BCUT2D eigenvalue weighted by molar-refractivity contribution is 5.92. The van der Waals surface area contributed by atoms with E-state index in [1.807, 2.05) is 37.3 Å². The number of halogens is 3. The Labute approximate surface area is 160 Å². The molecule has 0 saturated carbocycles. The first-order chi connectivity index (χ1) is 13.2. The minimum absolute atomic E-state index is 0.0537. The lowest BCUT2D eigenvalue weighted by atomic mass is 9.84. The van der Waals surface area contributed by atoms with Gasteiger partial charge in [-0.1, -0.05) is 30.3 Å². The number of benzene rings is 2. The summed E-state index contributed by atoms with van der Waals surface area (Å²) in [4.78, 5) is 12.3. The van der Waals surface area contributed by atoms with Crippen molar-refractivity contribution in [2.45, 2.75) is 18.5 Å². The van der Waals surface area contributed by atoms with Crippen LogP contribution in [-0.2, 0) is 16.4 Å². The number of amides is 1. The van der Waals surface area contributed by atoms with Gasteiger partial charge >= 0.3 is 6.18 Å². The van der Waals surface area contributed by atoms with Crippen molar-refractivity contribution in [3.63, 3.8) is 0 Å². The summed E-state index contributed by atoms with van der Waals surface area (Å²) in [5.74, 6) is -0.432. The van der Waals surface area contributed by atoms with Crippen LogP contribution < -0.4 is 5.32 Å². The zero-order chi connectivity index (χ0) is 20.4. The van der Waals surface area contributed by atoms with Gasteiger partial charge < -0.3 is 5.32 Å². The molecule has 144 valence electrons. The molecule has 0 saturated heterocycles. The maximum Gasteiger partial charge on any atom is 0.417 e. The van der Waals surface area contributed by atoms with Gasteiger partial charge in [0.1, 0.15) is 6.54 Å². The molecule has 0 spiro atoms. The molecule has 0 radical (unpaired) electrons. The quantitative estimate of drug-likeness (QED) is 0.870. The Hall–Kier alpha value is -3.34. The van der Waals surface area contributed by atoms with E-state index in [1.165, 1.54) is 6.07 Å². The van der Waals surface area contributed by atoms with Crippen LogP contribution in [0.4, 0.5) is 18.9 Å². The lowest BCUT2D eigenvalue weighted by Crippen LogP contribution is -2.35. The highest BCUT2D eigenvalue weighted by atomic mass is 19.4. The van der Waals surface area contributed by atoms with Crippen molar-refractivity contribution in [1.29, 1.82) is 5.26 Å². The number of anilines is 1. The summed E-state index contributed by atoms with van der Waals surface area (Å²) in [6, 6.07) is 14.2. The fraction of sp³-hybridized carbons (Fsp3) is 0.250. The highest BCUT2D eigenvalue weighted by Gasteiger charge is 2.34. The largest absolute Gasteiger partial charge is 0.417 e. The monoisotopic (exact) mass is 386 g/mol. The number of hydrogen-bond donors (Lipinski definition) is 1. The Kier molecular flexibility index (Phi) is 5.10. The Balaban J connectivity index is 1.64. The first kappa shape index (κ1) is 19.4. The molecule has 0 bridgehead atoms. The maximum absolute atomic E-state index is 12.9. The zero-order valence-corrected chi connectivity index (χ0v) is 15.0. The topological polar surface area (TPSA) is 68.5 Å². The van der Waals surface area contributed by atoms with Crippen LogP contribution in [0, 0.1) is 11.3 Å². The SMILES string of the molecule is CC1(c2ccccc2)C=NN(CC(=O)Nc2ccc(C(F)(F)F)c(C#N)c2)C1. The van der Waals surface area contributed by atoms with Crippen LogP contribution in [0.1, 0.15) is 23.6 Å². The third-order valence-electron chi connectivity index (χ3n) is 4.51. The number of alkyl halides is 3. The maximum atomic E-state index is 12.9. The van der Waals surface area contributed by atoms with Gasteiger partial charge in [-0.3, -0.25) is 9.80 Å². The van der Waals surface area contributed by atoms with Gasteiger partial charge in [-0.25, -0.2) is 0 Å². The van der Waals surface area contributed by atoms with Crippen LogP contribution in [0.2, 0.25) is 0 Å². The van der Waals surface area contributed by atoms with Crippen molar-refractivity contribution in [2.24, 2.45) is 5.10 Å². The van der Waals surface area contributed by atoms with Gasteiger partial charge in [0, 0.05) is 17.3 Å². The molecule has 8 heteroatoms. The summed E-state index contributed by atoms with van der Waals surface area (Å²) in [6.45, 7) is 2.46. The summed E-state index contributed by atoms with van der Waals surface area (Å²) >= 11 is 0. The van der Waals surface area contributed by atoms with Gasteiger partial charge in [0.2, 0.25) is 5.91 Å². The molecule has 1 atom stereocenters. The van der Waals surface area contributed by atoms with Crippen LogP contribution in [0.15, 0.2) is 53.6 Å². The number of carbonyl (C=O) groups is 1. The van der Waals surface area contributed by atoms with Gasteiger partial charge in [-0.15, -0.1) is 0 Å². The summed E-state index contributed by atoms with van der Waals surface area (Å²) in [5.41, 5.74) is -0.701. The second-order valence-corrected chi connectivity index (χ2v) is 6.77. The predicted molar refractivity (Wildman–Crippen MR) is 98.6 cm³/mol. The molecule has 1 unspecified atom stereocenters. The van der Waals surface area contributed by atoms with Crippen molar-refractivity contribution >= 4 is 17.8 Å². The molecular formula is C20H17F3N4O. The van der Waals surface area contributed by atoms with Crippen LogP contribution >= 0.6 is 0 Å². The van der Waals surface area contributed by atoms with Gasteiger partial charge in [-0.2, -0.15) is 23.5 Å². The fourth-order valence-corrected chi connectivity index (χ4v) is 3.08. The Bertz CT molecular complexity index is 950. The Morgan fingerprint density at radius 1 is 1.29 bits per heavy atom. The van der Waals surface area contributed by atoms with Gasteiger partial charge in [0.25, 0.3) is 0 Å². The second kappa shape index (κ2) is 7.35. The molecule has 28 heavy (non-hydrogen) atoms. The van der Waals surface area contributed by atoms with Gasteiger partial charge in [0.15, 0.2) is 0 Å². The average molecular weight is 386 g/mol. The van der Waals surface area contributed by atoms with Crippen molar-refractivity contribution in [1.82, 2.24) is 5.01 Å². The molecule has 0 aliphatic carbocycles. The van der Waals surface area contributed by atoms with Crippen LogP contribution in [0.3, 0.4) is 0 Å². The summed E-state index contributed by atoms with van der Waals surface area (Å²) in [6.07, 6.45) is -2.85. The number of hydrogen-bond acceptors (Lipinski definition) is 4. The van der Waals surface area contributed by atoms with Crippen molar-refractivity contribution in [3.05, 3.63) is 65.2 Å². The molecule has 1 aliphatic heterocycles. The van der Waals surface area contributed by atoms with E-state index < -0.39 is 23.2 Å².